The predicted octanol–water partition coefficient (Wildman–Crippen LogP) is 5.15. The largest absolute Gasteiger partial charge is 0.493 e. The number of nitrogens with zero attached hydrogens (tertiary/aromatic N) is 1. The van der Waals surface area contributed by atoms with Gasteiger partial charge in [-0.3, -0.25) is 0 Å². The molecule has 0 unspecified atom stereocenters. The number of benzene rings is 3. The zero-order valence-electron chi connectivity index (χ0n) is 17.4. The van der Waals surface area contributed by atoms with Crippen LogP contribution in [0.1, 0.15) is 11.1 Å². The second kappa shape index (κ2) is 11.2. The van der Waals surface area contributed by atoms with E-state index in [9.17, 15) is 0 Å². The van der Waals surface area contributed by atoms with Gasteiger partial charge in [0.25, 0.3) is 5.17 Å². The average molecular weight is 422 g/mol. The van der Waals surface area contributed by atoms with Gasteiger partial charge in [0, 0.05) is 45.1 Å². The molecule has 3 aromatic rings. The average Bonchev–Trinajstić information content (AvgIpc) is 2.75. The highest BCUT2D eigenvalue weighted by molar-refractivity contribution is 7.80. The lowest BCUT2D eigenvalue weighted by Crippen LogP contribution is -2.25. The molecule has 0 bridgehead atoms. The first-order chi connectivity index (χ1) is 14.6. The fourth-order valence-corrected chi connectivity index (χ4v) is 2.92. The van der Waals surface area contributed by atoms with Crippen molar-refractivity contribution in [2.24, 2.45) is 0 Å². The third kappa shape index (κ3) is 7.08. The molecule has 0 aliphatic heterocycles. The molecule has 3 rings (SSSR count). The Hall–Kier alpha value is -3.05. The summed E-state index contributed by atoms with van der Waals surface area (Å²) in [6.07, 6.45) is 1.65. The number of thiocarbonyl (C=S) groups is 1. The molecular weight excluding hydrogens is 394 g/mol. The van der Waals surface area contributed by atoms with Crippen LogP contribution in [0.3, 0.4) is 0 Å². The van der Waals surface area contributed by atoms with Crippen molar-refractivity contribution in [3.05, 3.63) is 90.0 Å². The van der Waals surface area contributed by atoms with E-state index in [4.69, 9.17) is 26.4 Å². The quantitative estimate of drug-likeness (QED) is 0.446. The molecule has 30 heavy (non-hydrogen) atoms. The summed E-state index contributed by atoms with van der Waals surface area (Å²) in [5, 5.41) is 0.381. The Balaban J connectivity index is 1.65. The maximum absolute atomic E-state index is 5.98. The summed E-state index contributed by atoms with van der Waals surface area (Å²) in [4.78, 5) is 1.74. The molecular formula is C25H27NO3S. The van der Waals surface area contributed by atoms with Crippen molar-refractivity contribution in [1.29, 1.82) is 0 Å². The van der Waals surface area contributed by atoms with Gasteiger partial charge in [-0.05, 0) is 23.3 Å². The van der Waals surface area contributed by atoms with Crippen LogP contribution in [0.5, 0.6) is 17.2 Å². The van der Waals surface area contributed by atoms with E-state index >= 15 is 0 Å². The van der Waals surface area contributed by atoms with Crippen molar-refractivity contribution >= 4 is 17.4 Å². The summed E-state index contributed by atoms with van der Waals surface area (Å²) in [7, 11) is 3.69. The van der Waals surface area contributed by atoms with E-state index in [0.29, 0.717) is 35.6 Å². The van der Waals surface area contributed by atoms with Crippen LogP contribution in [0.15, 0.2) is 78.9 Å². The molecule has 0 saturated heterocycles. The topological polar surface area (TPSA) is 30.9 Å². The maximum Gasteiger partial charge on any atom is 0.264 e. The predicted molar refractivity (Wildman–Crippen MR) is 125 cm³/mol. The van der Waals surface area contributed by atoms with Crippen molar-refractivity contribution in [1.82, 2.24) is 4.90 Å². The smallest absolute Gasteiger partial charge is 0.264 e. The molecule has 0 saturated carbocycles. The third-order valence-electron chi connectivity index (χ3n) is 4.43. The van der Waals surface area contributed by atoms with Gasteiger partial charge in [0.15, 0.2) is 0 Å². The highest BCUT2D eigenvalue weighted by atomic mass is 32.1. The molecule has 3 aromatic carbocycles. The molecule has 0 aliphatic carbocycles. The first-order valence-electron chi connectivity index (χ1n) is 9.98. The van der Waals surface area contributed by atoms with Gasteiger partial charge in [-0.2, -0.15) is 0 Å². The minimum absolute atomic E-state index is 0.381. The molecule has 0 aromatic heterocycles. The number of ether oxygens (including phenoxy) is 3. The van der Waals surface area contributed by atoms with Crippen LogP contribution >= 0.6 is 12.2 Å². The van der Waals surface area contributed by atoms with Gasteiger partial charge in [0.2, 0.25) is 0 Å². The van der Waals surface area contributed by atoms with Gasteiger partial charge in [0.05, 0.1) is 13.2 Å². The summed E-state index contributed by atoms with van der Waals surface area (Å²) >= 11 is 5.27. The van der Waals surface area contributed by atoms with Crippen LogP contribution in [0, 0.1) is 0 Å². The fourth-order valence-electron chi connectivity index (χ4n) is 2.83. The lowest BCUT2D eigenvalue weighted by molar-refractivity contribution is 0.303. The van der Waals surface area contributed by atoms with Gasteiger partial charge in [-0.25, -0.2) is 0 Å². The Morgan fingerprint density at radius 3 is 1.57 bits per heavy atom. The van der Waals surface area contributed by atoms with E-state index in [1.807, 2.05) is 68.7 Å². The van der Waals surface area contributed by atoms with Crippen molar-refractivity contribution in [2.45, 2.75) is 12.8 Å². The standard InChI is InChI=1S/C25H27NO3S/c1-26(2)25(30)29-24-18-22(27-15-13-20-9-5-3-6-10-20)17-23(19-24)28-16-14-21-11-7-4-8-12-21/h3-12,17-19H,13-16H2,1-2H3. The number of rotatable bonds is 9. The summed E-state index contributed by atoms with van der Waals surface area (Å²) < 4.78 is 17.7. The van der Waals surface area contributed by atoms with Crippen molar-refractivity contribution in [3.8, 4) is 17.2 Å². The molecule has 0 aliphatic rings. The van der Waals surface area contributed by atoms with Crippen molar-refractivity contribution in [3.63, 3.8) is 0 Å². The molecule has 0 spiro atoms. The molecule has 0 amide bonds. The number of hydrogen-bond acceptors (Lipinski definition) is 4. The minimum Gasteiger partial charge on any atom is -0.493 e. The normalized spacial score (nSPS) is 10.3. The third-order valence-corrected chi connectivity index (χ3v) is 4.88. The van der Waals surface area contributed by atoms with Gasteiger partial charge >= 0.3 is 0 Å². The molecule has 0 atom stereocenters. The van der Waals surface area contributed by atoms with Crippen LogP contribution in [0.4, 0.5) is 0 Å². The maximum atomic E-state index is 5.98. The summed E-state index contributed by atoms with van der Waals surface area (Å²) in [6, 6.07) is 26.1. The second-order valence-electron chi connectivity index (χ2n) is 7.07. The van der Waals surface area contributed by atoms with Crippen LogP contribution in [0.2, 0.25) is 0 Å². The van der Waals surface area contributed by atoms with E-state index in [-0.39, 0.29) is 0 Å². The van der Waals surface area contributed by atoms with E-state index in [1.165, 1.54) is 11.1 Å². The first kappa shape index (κ1) is 21.7. The Labute approximate surface area is 184 Å². The van der Waals surface area contributed by atoms with Crippen molar-refractivity contribution < 1.29 is 14.2 Å². The minimum atomic E-state index is 0.381. The highest BCUT2D eigenvalue weighted by Gasteiger charge is 2.09. The lowest BCUT2D eigenvalue weighted by Gasteiger charge is -2.16. The molecule has 4 nitrogen and oxygen atoms in total. The SMILES string of the molecule is CN(C)C(=S)Oc1cc(OCCc2ccccc2)cc(OCCc2ccccc2)c1. The van der Waals surface area contributed by atoms with Gasteiger partial charge in [-0.15, -0.1) is 0 Å². The fraction of sp³-hybridized carbons (Fsp3) is 0.240. The van der Waals surface area contributed by atoms with Crippen LogP contribution in [0.25, 0.3) is 0 Å². The van der Waals surface area contributed by atoms with Gasteiger partial charge in [-0.1, -0.05) is 60.7 Å². The van der Waals surface area contributed by atoms with Crippen LogP contribution in [-0.4, -0.2) is 37.4 Å². The van der Waals surface area contributed by atoms with Crippen LogP contribution in [-0.2, 0) is 12.8 Å². The highest BCUT2D eigenvalue weighted by Crippen LogP contribution is 2.28. The molecule has 156 valence electrons. The molecule has 0 heterocycles. The lowest BCUT2D eigenvalue weighted by atomic mass is 10.2. The Morgan fingerprint density at radius 2 is 1.13 bits per heavy atom. The summed E-state index contributed by atoms with van der Waals surface area (Å²) in [6.45, 7) is 1.13. The Morgan fingerprint density at radius 1 is 0.700 bits per heavy atom. The van der Waals surface area contributed by atoms with E-state index in [2.05, 4.69) is 24.3 Å². The van der Waals surface area contributed by atoms with E-state index in [0.717, 1.165) is 12.8 Å². The Kier molecular flexibility index (Phi) is 8.10. The second-order valence-corrected chi connectivity index (χ2v) is 7.42. The van der Waals surface area contributed by atoms with E-state index < -0.39 is 0 Å². The van der Waals surface area contributed by atoms with Gasteiger partial charge in [0.1, 0.15) is 17.2 Å². The molecule has 5 heteroatoms. The van der Waals surface area contributed by atoms with Crippen molar-refractivity contribution in [2.75, 3.05) is 27.3 Å². The van der Waals surface area contributed by atoms with Crippen LogP contribution < -0.4 is 14.2 Å². The Bertz CT molecular complexity index is 866. The zero-order valence-corrected chi connectivity index (χ0v) is 18.2. The molecule has 0 fully saturated rings. The first-order valence-corrected chi connectivity index (χ1v) is 10.4. The zero-order chi connectivity index (χ0) is 21.2. The van der Waals surface area contributed by atoms with Gasteiger partial charge < -0.3 is 19.1 Å². The van der Waals surface area contributed by atoms with E-state index in [1.54, 1.807) is 4.90 Å². The molecule has 0 N–H and O–H groups in total. The summed E-state index contributed by atoms with van der Waals surface area (Å²) in [5.74, 6) is 1.99. The summed E-state index contributed by atoms with van der Waals surface area (Å²) in [5.41, 5.74) is 2.47. The molecule has 0 radical (unpaired) electrons. The number of hydrogen-bond donors (Lipinski definition) is 0. The monoisotopic (exact) mass is 421 g/mol.